The van der Waals surface area contributed by atoms with Gasteiger partial charge in [0, 0.05) is 19.6 Å². The maximum Gasteiger partial charge on any atom is 0.249 e. The number of halogens is 1. The Kier molecular flexibility index (Phi) is 7.43. The van der Waals surface area contributed by atoms with E-state index in [1.807, 2.05) is 0 Å². The van der Waals surface area contributed by atoms with E-state index in [-0.39, 0.29) is 18.3 Å². The summed E-state index contributed by atoms with van der Waals surface area (Å²) in [5.74, 6) is -0.0762. The topological polar surface area (TPSA) is 50.4 Å². The minimum atomic E-state index is -0.425. The van der Waals surface area contributed by atoms with Crippen molar-refractivity contribution in [3.05, 3.63) is 47.5 Å². The first-order valence-electron chi connectivity index (χ1n) is 7.02. The smallest absolute Gasteiger partial charge is 0.249 e. The number of ether oxygens (including phenoxy) is 1. The fraction of sp³-hybridized carbons (Fsp3) is 0.438. The Labute approximate surface area is 132 Å². The molecule has 1 amide bonds. The molecular weight excluding hydrogens is 288 g/mol. The summed E-state index contributed by atoms with van der Waals surface area (Å²) in [6.45, 7) is 8.32. The van der Waals surface area contributed by atoms with E-state index in [0.717, 1.165) is 25.1 Å². The molecule has 2 N–H and O–H groups in total. The van der Waals surface area contributed by atoms with Gasteiger partial charge in [-0.15, -0.1) is 19.0 Å². The normalized spacial score (nSPS) is 14.0. The standard InChI is InChI=1S/C16H22N2O2.ClH/c1-3-4-7-20-12(2)16(19)18-9-13-5-6-14-10-17-11-15(14)8-13;/h3,5-6,8,12,17H,1,4,7,9-11H2,2H3,(H,18,19);1H. The van der Waals surface area contributed by atoms with Crippen LogP contribution in [0.5, 0.6) is 0 Å². The lowest BCUT2D eigenvalue weighted by atomic mass is 10.1. The number of carbonyl (C=O) groups is 1. The largest absolute Gasteiger partial charge is 0.368 e. The third-order valence-electron chi connectivity index (χ3n) is 3.43. The van der Waals surface area contributed by atoms with Gasteiger partial charge in [-0.25, -0.2) is 0 Å². The van der Waals surface area contributed by atoms with E-state index in [2.05, 4.69) is 35.4 Å². The van der Waals surface area contributed by atoms with Crippen LogP contribution in [0.25, 0.3) is 0 Å². The van der Waals surface area contributed by atoms with Crippen molar-refractivity contribution in [2.45, 2.75) is 39.1 Å². The maximum absolute atomic E-state index is 11.9. The van der Waals surface area contributed by atoms with E-state index in [4.69, 9.17) is 4.74 Å². The molecule has 0 saturated heterocycles. The number of benzene rings is 1. The van der Waals surface area contributed by atoms with Crippen LogP contribution in [0.2, 0.25) is 0 Å². The second kappa shape index (κ2) is 8.82. The van der Waals surface area contributed by atoms with Crippen molar-refractivity contribution in [1.82, 2.24) is 10.6 Å². The zero-order chi connectivity index (χ0) is 14.4. The number of fused-ring (bicyclic) bond motifs is 1. The minimum absolute atomic E-state index is 0. The van der Waals surface area contributed by atoms with Gasteiger partial charge in [-0.05, 0) is 30.0 Å². The zero-order valence-electron chi connectivity index (χ0n) is 12.4. The van der Waals surface area contributed by atoms with Crippen LogP contribution < -0.4 is 10.6 Å². The first-order chi connectivity index (χ1) is 9.70. The molecule has 0 radical (unpaired) electrons. The predicted octanol–water partition coefficient (Wildman–Crippen LogP) is 2.31. The predicted molar refractivity (Wildman–Crippen MR) is 86.3 cm³/mol. The van der Waals surface area contributed by atoms with Gasteiger partial charge in [-0.2, -0.15) is 0 Å². The molecule has 0 aromatic heterocycles. The third-order valence-corrected chi connectivity index (χ3v) is 3.43. The van der Waals surface area contributed by atoms with Crippen LogP contribution >= 0.6 is 12.4 Å². The van der Waals surface area contributed by atoms with E-state index >= 15 is 0 Å². The lowest BCUT2D eigenvalue weighted by Gasteiger charge is -2.13. The zero-order valence-corrected chi connectivity index (χ0v) is 13.2. The van der Waals surface area contributed by atoms with Crippen molar-refractivity contribution in [3.8, 4) is 0 Å². The van der Waals surface area contributed by atoms with Crippen molar-refractivity contribution in [2.75, 3.05) is 6.61 Å². The van der Waals surface area contributed by atoms with Gasteiger partial charge in [-0.3, -0.25) is 4.79 Å². The summed E-state index contributed by atoms with van der Waals surface area (Å²) in [6, 6.07) is 6.34. The van der Waals surface area contributed by atoms with E-state index in [0.29, 0.717) is 13.2 Å². The highest BCUT2D eigenvalue weighted by molar-refractivity contribution is 5.85. The molecule has 0 saturated carbocycles. The number of amides is 1. The minimum Gasteiger partial charge on any atom is -0.368 e. The molecule has 0 aliphatic carbocycles. The molecule has 1 aliphatic rings. The van der Waals surface area contributed by atoms with Crippen LogP contribution in [0, 0.1) is 0 Å². The summed E-state index contributed by atoms with van der Waals surface area (Å²) in [5.41, 5.74) is 3.80. The molecule has 0 bridgehead atoms. The van der Waals surface area contributed by atoms with Crippen molar-refractivity contribution in [2.24, 2.45) is 0 Å². The van der Waals surface area contributed by atoms with Crippen molar-refractivity contribution in [3.63, 3.8) is 0 Å². The summed E-state index contributed by atoms with van der Waals surface area (Å²) in [7, 11) is 0. The van der Waals surface area contributed by atoms with Gasteiger partial charge in [0.2, 0.25) is 5.91 Å². The van der Waals surface area contributed by atoms with E-state index < -0.39 is 6.10 Å². The Bertz CT molecular complexity index is 491. The first-order valence-corrected chi connectivity index (χ1v) is 7.02. The molecular formula is C16H23ClN2O2. The van der Waals surface area contributed by atoms with Crippen molar-refractivity contribution >= 4 is 18.3 Å². The lowest BCUT2D eigenvalue weighted by molar-refractivity contribution is -0.131. The second-order valence-corrected chi connectivity index (χ2v) is 5.01. The quantitative estimate of drug-likeness (QED) is 0.600. The van der Waals surface area contributed by atoms with Crippen LogP contribution in [-0.2, 0) is 29.2 Å². The Morgan fingerprint density at radius 1 is 1.48 bits per heavy atom. The Morgan fingerprint density at radius 2 is 2.24 bits per heavy atom. The Hall–Kier alpha value is -1.36. The molecule has 1 unspecified atom stereocenters. The molecule has 0 fully saturated rings. The van der Waals surface area contributed by atoms with Crippen molar-refractivity contribution in [1.29, 1.82) is 0 Å². The molecule has 5 heteroatoms. The van der Waals surface area contributed by atoms with E-state index in [1.165, 1.54) is 11.1 Å². The van der Waals surface area contributed by atoms with Gasteiger partial charge in [0.1, 0.15) is 6.10 Å². The second-order valence-electron chi connectivity index (χ2n) is 5.01. The number of rotatable bonds is 7. The molecule has 1 aromatic rings. The molecule has 1 heterocycles. The fourth-order valence-electron chi connectivity index (χ4n) is 2.19. The van der Waals surface area contributed by atoms with Crippen molar-refractivity contribution < 1.29 is 9.53 Å². The summed E-state index contributed by atoms with van der Waals surface area (Å²) in [5, 5.41) is 6.22. The highest BCUT2D eigenvalue weighted by Crippen LogP contribution is 2.16. The van der Waals surface area contributed by atoms with Crippen LogP contribution in [0.3, 0.4) is 0 Å². The average molecular weight is 311 g/mol. The van der Waals surface area contributed by atoms with Crippen LogP contribution in [-0.4, -0.2) is 18.6 Å². The fourth-order valence-corrected chi connectivity index (χ4v) is 2.19. The van der Waals surface area contributed by atoms with Gasteiger partial charge in [0.15, 0.2) is 0 Å². The molecule has 0 spiro atoms. The first kappa shape index (κ1) is 17.7. The molecule has 21 heavy (non-hydrogen) atoms. The van der Waals surface area contributed by atoms with Gasteiger partial charge < -0.3 is 15.4 Å². The monoisotopic (exact) mass is 310 g/mol. The van der Waals surface area contributed by atoms with Gasteiger partial charge in [0.05, 0.1) is 6.61 Å². The molecule has 116 valence electrons. The SMILES string of the molecule is C=CCCOC(C)C(=O)NCc1ccc2c(c1)CNC2.Cl. The number of nitrogens with one attached hydrogen (secondary N) is 2. The highest BCUT2D eigenvalue weighted by Gasteiger charge is 2.13. The molecule has 4 nitrogen and oxygen atoms in total. The van der Waals surface area contributed by atoms with Crippen LogP contribution in [0.4, 0.5) is 0 Å². The summed E-state index contributed by atoms with van der Waals surface area (Å²) in [6.07, 6.45) is 2.12. The highest BCUT2D eigenvalue weighted by atomic mass is 35.5. The number of carbonyl (C=O) groups excluding carboxylic acids is 1. The summed E-state index contributed by atoms with van der Waals surface area (Å²) in [4.78, 5) is 11.9. The molecule has 1 aliphatic heterocycles. The van der Waals surface area contributed by atoms with Crippen LogP contribution in [0.1, 0.15) is 30.0 Å². The number of hydrogen-bond donors (Lipinski definition) is 2. The van der Waals surface area contributed by atoms with Gasteiger partial charge in [0.25, 0.3) is 0 Å². The number of hydrogen-bond acceptors (Lipinski definition) is 3. The van der Waals surface area contributed by atoms with E-state index in [9.17, 15) is 4.79 Å². The maximum atomic E-state index is 11.9. The molecule has 1 atom stereocenters. The average Bonchev–Trinajstić information content (AvgIpc) is 2.92. The third kappa shape index (κ3) is 5.16. The summed E-state index contributed by atoms with van der Waals surface area (Å²) < 4.78 is 5.41. The van der Waals surface area contributed by atoms with E-state index in [1.54, 1.807) is 13.0 Å². The summed E-state index contributed by atoms with van der Waals surface area (Å²) >= 11 is 0. The van der Waals surface area contributed by atoms with Gasteiger partial charge in [-0.1, -0.05) is 24.3 Å². The molecule has 2 rings (SSSR count). The Morgan fingerprint density at radius 3 is 3.00 bits per heavy atom. The molecule has 1 aromatic carbocycles. The Balaban J connectivity index is 0.00000220. The van der Waals surface area contributed by atoms with Gasteiger partial charge >= 0.3 is 0 Å². The lowest BCUT2D eigenvalue weighted by Crippen LogP contribution is -2.34. The van der Waals surface area contributed by atoms with Crippen LogP contribution in [0.15, 0.2) is 30.9 Å².